The normalized spacial score (nSPS) is 10.9. The number of aromatic carboxylic acids is 1. The van der Waals surface area contributed by atoms with Crippen LogP contribution in [0.5, 0.6) is 0 Å². The van der Waals surface area contributed by atoms with Crippen LogP contribution in [0.25, 0.3) is 21.9 Å². The van der Waals surface area contributed by atoms with E-state index < -0.39 is 11.6 Å². The van der Waals surface area contributed by atoms with Gasteiger partial charge in [0, 0.05) is 10.9 Å². The van der Waals surface area contributed by atoms with E-state index in [1.54, 1.807) is 0 Å². The molecule has 1 aromatic heterocycles. The fourth-order valence-electron chi connectivity index (χ4n) is 3.43. The van der Waals surface area contributed by atoms with Crippen molar-refractivity contribution in [3.63, 3.8) is 0 Å². The van der Waals surface area contributed by atoms with Crippen LogP contribution in [0, 0.1) is 0 Å². The Morgan fingerprint density at radius 3 is 2.11 bits per heavy atom. The van der Waals surface area contributed by atoms with Crippen LogP contribution in [-0.2, 0) is 12.8 Å². The van der Waals surface area contributed by atoms with Gasteiger partial charge in [-0.2, -0.15) is 0 Å². The Hall–Kier alpha value is -3.66. The molecule has 0 spiro atoms. The number of fused-ring (bicyclic) bond motifs is 1. The Morgan fingerprint density at radius 2 is 1.43 bits per heavy atom. The van der Waals surface area contributed by atoms with Gasteiger partial charge in [0.25, 0.3) is 0 Å². The van der Waals surface area contributed by atoms with E-state index in [9.17, 15) is 14.7 Å². The van der Waals surface area contributed by atoms with E-state index in [1.165, 1.54) is 5.56 Å². The van der Waals surface area contributed by atoms with Gasteiger partial charge in [0.15, 0.2) is 0 Å². The molecule has 4 aromatic rings. The summed E-state index contributed by atoms with van der Waals surface area (Å²) in [6, 6.07) is 24.8. The summed E-state index contributed by atoms with van der Waals surface area (Å²) >= 11 is 0. The number of carboxylic acids is 1. The molecule has 0 saturated carbocycles. The van der Waals surface area contributed by atoms with Crippen LogP contribution in [0.4, 0.5) is 0 Å². The standard InChI is InChI=1S/C24H18O4/c25-23(26)22-21(18-9-5-2-6-10-18)19-14-13-17(15-20(19)24(27)28-22)12-11-16-7-3-1-4-8-16/h1-10,13-15H,11-12H2,(H,25,26). The van der Waals surface area contributed by atoms with Crippen molar-refractivity contribution in [1.29, 1.82) is 0 Å². The number of aryl methyl sites for hydroxylation is 2. The molecule has 3 aromatic carbocycles. The first kappa shape index (κ1) is 17.7. The van der Waals surface area contributed by atoms with Crippen molar-refractivity contribution in [2.75, 3.05) is 0 Å². The Labute approximate surface area is 161 Å². The van der Waals surface area contributed by atoms with Gasteiger partial charge in [0.1, 0.15) is 0 Å². The van der Waals surface area contributed by atoms with Crippen LogP contribution in [0.1, 0.15) is 21.7 Å². The number of hydrogen-bond acceptors (Lipinski definition) is 3. The van der Waals surface area contributed by atoms with Crippen molar-refractivity contribution in [3.8, 4) is 11.1 Å². The highest BCUT2D eigenvalue weighted by Crippen LogP contribution is 2.31. The summed E-state index contributed by atoms with van der Waals surface area (Å²) in [7, 11) is 0. The predicted molar refractivity (Wildman–Crippen MR) is 109 cm³/mol. The number of carbonyl (C=O) groups is 1. The molecule has 0 atom stereocenters. The first-order valence-corrected chi connectivity index (χ1v) is 9.06. The number of hydrogen-bond donors (Lipinski definition) is 1. The highest BCUT2D eigenvalue weighted by Gasteiger charge is 2.20. The smallest absolute Gasteiger partial charge is 0.372 e. The Balaban J connectivity index is 1.82. The van der Waals surface area contributed by atoms with Gasteiger partial charge >= 0.3 is 11.6 Å². The van der Waals surface area contributed by atoms with Gasteiger partial charge in [0.2, 0.25) is 5.76 Å². The van der Waals surface area contributed by atoms with Crippen LogP contribution in [0.3, 0.4) is 0 Å². The van der Waals surface area contributed by atoms with Crippen LogP contribution >= 0.6 is 0 Å². The highest BCUT2D eigenvalue weighted by atomic mass is 16.4. The van der Waals surface area contributed by atoms with E-state index in [1.807, 2.05) is 66.7 Å². The van der Waals surface area contributed by atoms with Gasteiger partial charge in [0.05, 0.1) is 5.39 Å². The molecule has 0 radical (unpaired) electrons. The third kappa shape index (κ3) is 3.45. The van der Waals surface area contributed by atoms with Gasteiger partial charge in [-0.1, -0.05) is 72.8 Å². The summed E-state index contributed by atoms with van der Waals surface area (Å²) in [5.74, 6) is -1.59. The molecule has 138 valence electrons. The number of carboxylic acid groups (broad SMARTS) is 1. The topological polar surface area (TPSA) is 67.5 Å². The molecule has 1 N–H and O–H groups in total. The molecule has 0 unspecified atom stereocenters. The summed E-state index contributed by atoms with van der Waals surface area (Å²) in [6.07, 6.45) is 1.64. The summed E-state index contributed by atoms with van der Waals surface area (Å²) in [4.78, 5) is 24.2. The first-order valence-electron chi connectivity index (χ1n) is 9.06. The lowest BCUT2D eigenvalue weighted by molar-refractivity contribution is 0.0659. The maximum atomic E-state index is 12.5. The number of benzene rings is 3. The van der Waals surface area contributed by atoms with Crippen molar-refractivity contribution in [3.05, 3.63) is 106 Å². The lowest BCUT2D eigenvalue weighted by Crippen LogP contribution is -2.10. The monoisotopic (exact) mass is 370 g/mol. The van der Waals surface area contributed by atoms with Gasteiger partial charge in [-0.05, 0) is 35.6 Å². The fourth-order valence-corrected chi connectivity index (χ4v) is 3.43. The Bertz CT molecular complexity index is 1190. The molecule has 0 aliphatic carbocycles. The maximum Gasteiger partial charge on any atom is 0.372 e. The van der Waals surface area contributed by atoms with Gasteiger partial charge in [-0.3, -0.25) is 0 Å². The first-order chi connectivity index (χ1) is 13.6. The van der Waals surface area contributed by atoms with Crippen molar-refractivity contribution >= 4 is 16.7 Å². The van der Waals surface area contributed by atoms with E-state index in [4.69, 9.17) is 4.42 Å². The molecular weight excluding hydrogens is 352 g/mol. The highest BCUT2D eigenvalue weighted by molar-refractivity contribution is 6.05. The average molecular weight is 370 g/mol. The molecular formula is C24H18O4. The summed E-state index contributed by atoms with van der Waals surface area (Å²) in [5, 5.41) is 10.5. The predicted octanol–water partition coefficient (Wildman–Crippen LogP) is 4.94. The van der Waals surface area contributed by atoms with E-state index >= 15 is 0 Å². The lowest BCUT2D eigenvalue weighted by Gasteiger charge is -2.10. The molecule has 0 aliphatic rings. The van der Waals surface area contributed by atoms with Crippen LogP contribution < -0.4 is 5.63 Å². The zero-order valence-corrected chi connectivity index (χ0v) is 15.1. The van der Waals surface area contributed by atoms with Gasteiger partial charge in [-0.15, -0.1) is 0 Å². The minimum absolute atomic E-state index is 0.333. The molecule has 4 rings (SSSR count). The van der Waals surface area contributed by atoms with Crippen molar-refractivity contribution in [1.82, 2.24) is 0 Å². The molecule has 0 aliphatic heterocycles. The lowest BCUT2D eigenvalue weighted by atomic mass is 9.96. The van der Waals surface area contributed by atoms with Crippen LogP contribution in [0.2, 0.25) is 0 Å². The molecule has 4 heteroatoms. The quantitative estimate of drug-likeness (QED) is 0.540. The fraction of sp³-hybridized carbons (Fsp3) is 0.0833. The van der Waals surface area contributed by atoms with Crippen molar-refractivity contribution < 1.29 is 14.3 Å². The molecule has 4 nitrogen and oxygen atoms in total. The van der Waals surface area contributed by atoms with E-state index in [2.05, 4.69) is 12.1 Å². The zero-order chi connectivity index (χ0) is 19.5. The zero-order valence-electron chi connectivity index (χ0n) is 15.1. The van der Waals surface area contributed by atoms with E-state index in [-0.39, 0.29) is 5.76 Å². The minimum Gasteiger partial charge on any atom is -0.475 e. The van der Waals surface area contributed by atoms with Gasteiger partial charge < -0.3 is 9.52 Å². The van der Waals surface area contributed by atoms with E-state index in [0.29, 0.717) is 21.9 Å². The molecule has 0 fully saturated rings. The third-order valence-corrected chi connectivity index (χ3v) is 4.80. The second kappa shape index (κ2) is 7.53. The second-order valence-corrected chi connectivity index (χ2v) is 6.63. The average Bonchev–Trinajstić information content (AvgIpc) is 2.73. The van der Waals surface area contributed by atoms with Crippen LogP contribution in [0.15, 0.2) is 88.1 Å². The van der Waals surface area contributed by atoms with Crippen molar-refractivity contribution in [2.24, 2.45) is 0 Å². The Kier molecular flexibility index (Phi) is 4.77. The van der Waals surface area contributed by atoms with Crippen LogP contribution in [-0.4, -0.2) is 11.1 Å². The summed E-state index contributed by atoms with van der Waals surface area (Å²) in [6.45, 7) is 0. The molecule has 0 amide bonds. The number of rotatable bonds is 5. The summed E-state index contributed by atoms with van der Waals surface area (Å²) < 4.78 is 5.20. The SMILES string of the molecule is O=C(O)c1oc(=O)c2cc(CCc3ccccc3)ccc2c1-c1ccccc1. The largest absolute Gasteiger partial charge is 0.475 e. The molecule has 0 saturated heterocycles. The minimum atomic E-state index is -1.26. The van der Waals surface area contributed by atoms with Crippen molar-refractivity contribution in [2.45, 2.75) is 12.8 Å². The Morgan fingerprint density at radius 1 is 0.786 bits per heavy atom. The molecule has 1 heterocycles. The van der Waals surface area contributed by atoms with E-state index in [0.717, 1.165) is 18.4 Å². The third-order valence-electron chi connectivity index (χ3n) is 4.80. The second-order valence-electron chi connectivity index (χ2n) is 6.63. The molecule has 0 bridgehead atoms. The van der Waals surface area contributed by atoms with Gasteiger partial charge in [-0.25, -0.2) is 9.59 Å². The summed E-state index contributed by atoms with van der Waals surface area (Å²) in [5.41, 5.74) is 2.73. The molecule has 28 heavy (non-hydrogen) atoms. The maximum absolute atomic E-state index is 12.5.